The number of aliphatic imine (C=N–C) groups is 1. The number of rotatable bonds is 1. The van der Waals surface area contributed by atoms with Gasteiger partial charge in [0.15, 0.2) is 5.58 Å². The molecule has 0 atom stereocenters. The Morgan fingerprint density at radius 1 is 1.54 bits per heavy atom. The monoisotopic (exact) mass is 192 g/mol. The zero-order valence-electron chi connectivity index (χ0n) is 6.40. The zero-order chi connectivity index (χ0) is 9.26. The van der Waals surface area contributed by atoms with Crippen LogP contribution in [0.3, 0.4) is 0 Å². The van der Waals surface area contributed by atoms with Crippen LogP contribution < -0.4 is 5.76 Å². The molecule has 0 fully saturated rings. The molecule has 5 heteroatoms. The van der Waals surface area contributed by atoms with Gasteiger partial charge in [-0.3, -0.25) is 4.98 Å². The maximum atomic E-state index is 10.8. The van der Waals surface area contributed by atoms with E-state index >= 15 is 0 Å². The standard InChI is InChI=1S/C8H4N2O2S/c11-8-10-6-3-1-2-5(9-4-13)7(6)12-8/h1-3H,(H,10,11). The largest absolute Gasteiger partial charge is 0.417 e. The van der Waals surface area contributed by atoms with Gasteiger partial charge in [-0.25, -0.2) is 4.79 Å². The lowest BCUT2D eigenvalue weighted by atomic mass is 10.3. The maximum Gasteiger partial charge on any atom is 0.417 e. The molecule has 0 unspecified atom stereocenters. The number of benzene rings is 1. The SMILES string of the molecule is O=c1[nH]c2cccc(N=C=S)c2o1. The number of hydrogen-bond acceptors (Lipinski definition) is 4. The van der Waals surface area contributed by atoms with Crippen molar-refractivity contribution in [2.45, 2.75) is 0 Å². The second kappa shape index (κ2) is 2.97. The van der Waals surface area contributed by atoms with Crippen LogP contribution in [0.5, 0.6) is 0 Å². The number of hydrogen-bond donors (Lipinski definition) is 1. The summed E-state index contributed by atoms with van der Waals surface area (Å²) in [7, 11) is 0. The summed E-state index contributed by atoms with van der Waals surface area (Å²) in [4.78, 5) is 17.1. The quantitative estimate of drug-likeness (QED) is 0.554. The van der Waals surface area contributed by atoms with Gasteiger partial charge >= 0.3 is 5.76 Å². The summed E-state index contributed by atoms with van der Waals surface area (Å²) in [6.07, 6.45) is 0. The third-order valence-electron chi connectivity index (χ3n) is 1.59. The Bertz CT molecular complexity index is 549. The van der Waals surface area contributed by atoms with Crippen LogP contribution in [0.2, 0.25) is 0 Å². The minimum atomic E-state index is -0.498. The average molecular weight is 192 g/mol. The van der Waals surface area contributed by atoms with E-state index in [1.807, 2.05) is 0 Å². The Morgan fingerprint density at radius 2 is 2.38 bits per heavy atom. The Labute approximate surface area is 77.9 Å². The van der Waals surface area contributed by atoms with E-state index in [4.69, 9.17) is 4.42 Å². The zero-order valence-corrected chi connectivity index (χ0v) is 7.22. The second-order valence-corrected chi connectivity index (χ2v) is 2.55. The molecule has 1 heterocycles. The molecule has 0 radical (unpaired) electrons. The third-order valence-corrected chi connectivity index (χ3v) is 1.68. The molecular weight excluding hydrogens is 188 g/mol. The highest BCUT2D eigenvalue weighted by atomic mass is 32.1. The summed E-state index contributed by atoms with van der Waals surface area (Å²) in [6.45, 7) is 0. The van der Waals surface area contributed by atoms with Crippen molar-refractivity contribution in [3.8, 4) is 0 Å². The molecule has 0 aliphatic rings. The van der Waals surface area contributed by atoms with Gasteiger partial charge in [-0.15, -0.1) is 0 Å². The number of nitrogens with one attached hydrogen (secondary N) is 1. The Hall–Kier alpha value is -1.71. The summed E-state index contributed by atoms with van der Waals surface area (Å²) < 4.78 is 4.86. The predicted octanol–water partition coefficient (Wildman–Crippen LogP) is 1.86. The number of H-pyrrole nitrogens is 1. The number of isothiocyanates is 1. The van der Waals surface area contributed by atoms with Crippen LogP contribution in [0.1, 0.15) is 0 Å². The highest BCUT2D eigenvalue weighted by Crippen LogP contribution is 2.22. The Morgan fingerprint density at radius 3 is 3.15 bits per heavy atom. The molecule has 1 N–H and O–H groups in total. The number of aromatic amines is 1. The number of nitrogens with zero attached hydrogens (tertiary/aromatic N) is 1. The summed E-state index contributed by atoms with van der Waals surface area (Å²) in [5.74, 6) is -0.498. The van der Waals surface area contributed by atoms with Gasteiger partial charge < -0.3 is 4.42 Å². The number of fused-ring (bicyclic) bond motifs is 1. The van der Waals surface area contributed by atoms with E-state index in [9.17, 15) is 4.79 Å². The Kier molecular flexibility index (Phi) is 1.81. The maximum absolute atomic E-state index is 10.8. The third kappa shape index (κ3) is 1.30. The highest BCUT2D eigenvalue weighted by Gasteiger charge is 2.04. The van der Waals surface area contributed by atoms with E-state index in [0.29, 0.717) is 16.8 Å². The van der Waals surface area contributed by atoms with E-state index in [0.717, 1.165) is 0 Å². The molecule has 1 aromatic carbocycles. The van der Waals surface area contributed by atoms with Crippen LogP contribution in [0, 0.1) is 0 Å². The first-order valence-corrected chi connectivity index (χ1v) is 3.92. The van der Waals surface area contributed by atoms with Crippen molar-refractivity contribution in [1.82, 2.24) is 4.98 Å². The van der Waals surface area contributed by atoms with Crippen molar-refractivity contribution >= 4 is 34.2 Å². The van der Waals surface area contributed by atoms with E-state index in [1.54, 1.807) is 18.2 Å². The smallest absolute Gasteiger partial charge is 0.405 e. The van der Waals surface area contributed by atoms with Crippen molar-refractivity contribution in [3.63, 3.8) is 0 Å². The molecule has 0 amide bonds. The second-order valence-electron chi connectivity index (χ2n) is 2.37. The molecule has 13 heavy (non-hydrogen) atoms. The van der Waals surface area contributed by atoms with Gasteiger partial charge in [0.1, 0.15) is 5.69 Å². The van der Waals surface area contributed by atoms with E-state index in [-0.39, 0.29) is 0 Å². The van der Waals surface area contributed by atoms with Gasteiger partial charge in [0, 0.05) is 0 Å². The topological polar surface area (TPSA) is 58.4 Å². The van der Waals surface area contributed by atoms with Crippen molar-refractivity contribution in [3.05, 3.63) is 28.7 Å². The fourth-order valence-corrected chi connectivity index (χ4v) is 1.19. The fourth-order valence-electron chi connectivity index (χ4n) is 1.10. The summed E-state index contributed by atoms with van der Waals surface area (Å²) in [6, 6.07) is 5.17. The van der Waals surface area contributed by atoms with Gasteiger partial charge in [0.25, 0.3) is 0 Å². The number of aromatic nitrogens is 1. The van der Waals surface area contributed by atoms with Crippen LogP contribution in [0.15, 0.2) is 32.4 Å². The summed E-state index contributed by atoms with van der Waals surface area (Å²) >= 11 is 4.46. The molecule has 0 aliphatic carbocycles. The van der Waals surface area contributed by atoms with E-state index in [2.05, 4.69) is 27.4 Å². The van der Waals surface area contributed by atoms with Crippen LogP contribution in [-0.4, -0.2) is 10.1 Å². The number of oxazole rings is 1. The van der Waals surface area contributed by atoms with Gasteiger partial charge in [0.2, 0.25) is 0 Å². The molecular formula is C8H4N2O2S. The molecule has 2 rings (SSSR count). The summed E-state index contributed by atoms with van der Waals surface area (Å²) in [5, 5.41) is 2.22. The minimum Gasteiger partial charge on any atom is -0.405 e. The van der Waals surface area contributed by atoms with Gasteiger partial charge in [-0.05, 0) is 24.4 Å². The van der Waals surface area contributed by atoms with Gasteiger partial charge in [0.05, 0.1) is 10.7 Å². The number of para-hydroxylation sites is 1. The van der Waals surface area contributed by atoms with Crippen molar-refractivity contribution < 1.29 is 4.42 Å². The van der Waals surface area contributed by atoms with Gasteiger partial charge in [-0.1, -0.05) is 6.07 Å². The summed E-state index contributed by atoms with van der Waals surface area (Å²) in [5.41, 5.74) is 1.52. The predicted molar refractivity (Wildman–Crippen MR) is 51.5 cm³/mol. The molecule has 0 aliphatic heterocycles. The molecule has 0 bridgehead atoms. The molecule has 1 aromatic heterocycles. The molecule has 0 spiro atoms. The van der Waals surface area contributed by atoms with Crippen LogP contribution >= 0.6 is 12.2 Å². The molecule has 64 valence electrons. The lowest BCUT2D eigenvalue weighted by molar-refractivity contribution is 0.556. The van der Waals surface area contributed by atoms with E-state index in [1.165, 1.54) is 0 Å². The van der Waals surface area contributed by atoms with Gasteiger partial charge in [-0.2, -0.15) is 4.99 Å². The molecule has 4 nitrogen and oxygen atoms in total. The molecule has 0 saturated carbocycles. The first-order valence-electron chi connectivity index (χ1n) is 3.51. The van der Waals surface area contributed by atoms with Crippen molar-refractivity contribution in [1.29, 1.82) is 0 Å². The lowest BCUT2D eigenvalue weighted by Crippen LogP contribution is -1.92. The highest BCUT2D eigenvalue weighted by molar-refractivity contribution is 7.78. The molecule has 2 aromatic rings. The van der Waals surface area contributed by atoms with Crippen LogP contribution in [-0.2, 0) is 0 Å². The average Bonchev–Trinajstić information content (AvgIpc) is 2.47. The Balaban J connectivity index is 2.89. The van der Waals surface area contributed by atoms with Crippen molar-refractivity contribution in [2.75, 3.05) is 0 Å². The first-order chi connectivity index (χ1) is 6.31. The molecule has 0 saturated heterocycles. The number of thiocarbonyl (C=S) groups is 1. The lowest BCUT2D eigenvalue weighted by Gasteiger charge is -1.89. The van der Waals surface area contributed by atoms with Crippen molar-refractivity contribution in [2.24, 2.45) is 4.99 Å². The fraction of sp³-hybridized carbons (Fsp3) is 0. The van der Waals surface area contributed by atoms with Crippen LogP contribution in [0.25, 0.3) is 11.1 Å². The van der Waals surface area contributed by atoms with Crippen LogP contribution in [0.4, 0.5) is 5.69 Å². The normalized spacial score (nSPS) is 9.85. The minimum absolute atomic E-state index is 0.407. The van der Waals surface area contributed by atoms with E-state index < -0.39 is 5.76 Å². The first kappa shape index (κ1) is 7.91.